The quantitative estimate of drug-likeness (QED) is 0.630. The van der Waals surface area contributed by atoms with Crippen molar-refractivity contribution in [2.24, 2.45) is 0 Å². The molecule has 1 aliphatic carbocycles. The van der Waals surface area contributed by atoms with Crippen LogP contribution in [0, 0.1) is 0 Å². The number of urea groups is 1. The van der Waals surface area contributed by atoms with Crippen molar-refractivity contribution in [1.29, 1.82) is 0 Å². The molecular formula is C20H26F5N5O2. The highest BCUT2D eigenvalue weighted by atomic mass is 19.4. The number of hydrogen-bond acceptors (Lipinski definition) is 4. The SMILES string of the molecule is C1CC1.CC(C)(OCCc1nc2nc(CN3CC(F)(F)CNC3=O)ccc2[nH]1)C(F)(F)F. The Balaban J connectivity index is 0.000000887. The number of fused-ring (bicyclic) bond motifs is 1. The van der Waals surface area contributed by atoms with Gasteiger partial charge >= 0.3 is 12.2 Å². The largest absolute Gasteiger partial charge is 0.416 e. The van der Waals surface area contributed by atoms with Crippen LogP contribution in [-0.2, 0) is 17.7 Å². The Morgan fingerprint density at radius 3 is 2.47 bits per heavy atom. The molecule has 0 spiro atoms. The lowest BCUT2D eigenvalue weighted by Crippen LogP contribution is -2.56. The van der Waals surface area contributed by atoms with E-state index in [0.717, 1.165) is 18.7 Å². The first-order valence-electron chi connectivity index (χ1n) is 10.3. The summed E-state index contributed by atoms with van der Waals surface area (Å²) in [6.45, 7) is 0.144. The fraction of sp³-hybridized carbons (Fsp3) is 0.650. The maximum Gasteiger partial charge on any atom is 0.416 e. The number of ether oxygens (including phenoxy) is 1. The van der Waals surface area contributed by atoms with Crippen LogP contribution in [0.5, 0.6) is 0 Å². The van der Waals surface area contributed by atoms with Gasteiger partial charge in [-0.25, -0.2) is 23.5 Å². The molecule has 2 aromatic heterocycles. The number of aromatic amines is 1. The lowest BCUT2D eigenvalue weighted by Gasteiger charge is -2.32. The third-order valence-corrected chi connectivity index (χ3v) is 4.85. The molecule has 1 saturated carbocycles. The third kappa shape index (κ3) is 6.50. The molecule has 12 heteroatoms. The van der Waals surface area contributed by atoms with E-state index in [-0.39, 0.29) is 25.2 Å². The predicted molar refractivity (Wildman–Crippen MR) is 106 cm³/mol. The van der Waals surface area contributed by atoms with Crippen molar-refractivity contribution in [2.45, 2.75) is 63.8 Å². The fourth-order valence-corrected chi connectivity index (χ4v) is 2.72. The molecule has 1 aliphatic heterocycles. The van der Waals surface area contributed by atoms with Gasteiger partial charge in [0.2, 0.25) is 0 Å². The van der Waals surface area contributed by atoms with Crippen molar-refractivity contribution in [1.82, 2.24) is 25.2 Å². The van der Waals surface area contributed by atoms with E-state index in [1.807, 2.05) is 0 Å². The molecular weight excluding hydrogens is 437 g/mol. The topological polar surface area (TPSA) is 83.1 Å². The van der Waals surface area contributed by atoms with E-state index in [0.29, 0.717) is 17.0 Å². The number of nitrogens with one attached hydrogen (secondary N) is 2. The smallest absolute Gasteiger partial charge is 0.366 e. The number of rotatable bonds is 6. The summed E-state index contributed by atoms with van der Waals surface area (Å²) >= 11 is 0. The Kier molecular flexibility index (Phi) is 6.91. The summed E-state index contributed by atoms with van der Waals surface area (Å²) in [6.07, 6.45) is 0.112. The van der Waals surface area contributed by atoms with Crippen LogP contribution in [0.3, 0.4) is 0 Å². The van der Waals surface area contributed by atoms with Gasteiger partial charge in [0.15, 0.2) is 11.2 Å². The van der Waals surface area contributed by atoms with E-state index in [1.54, 1.807) is 12.1 Å². The molecule has 0 aromatic carbocycles. The van der Waals surface area contributed by atoms with Gasteiger partial charge in [-0.15, -0.1) is 0 Å². The van der Waals surface area contributed by atoms with Crippen LogP contribution in [0.2, 0.25) is 0 Å². The Bertz CT molecular complexity index is 939. The average Bonchev–Trinajstić information content (AvgIpc) is 3.50. The monoisotopic (exact) mass is 463 g/mol. The molecule has 178 valence electrons. The maximum atomic E-state index is 13.5. The summed E-state index contributed by atoms with van der Waals surface area (Å²) in [5.74, 6) is -2.65. The number of nitrogens with zero attached hydrogens (tertiary/aromatic N) is 3. The van der Waals surface area contributed by atoms with Gasteiger partial charge < -0.3 is 19.9 Å². The molecule has 4 rings (SSSR count). The third-order valence-electron chi connectivity index (χ3n) is 4.85. The summed E-state index contributed by atoms with van der Waals surface area (Å²) in [4.78, 5) is 24.1. The zero-order chi connectivity index (χ0) is 23.6. The zero-order valence-corrected chi connectivity index (χ0v) is 17.9. The summed E-state index contributed by atoms with van der Waals surface area (Å²) in [5, 5.41) is 2.12. The number of halogens is 5. The molecule has 2 fully saturated rings. The van der Waals surface area contributed by atoms with Crippen molar-refractivity contribution < 1.29 is 31.5 Å². The molecule has 0 unspecified atom stereocenters. The molecule has 2 aliphatic rings. The Hall–Kier alpha value is -2.50. The van der Waals surface area contributed by atoms with Crippen molar-refractivity contribution >= 4 is 17.2 Å². The van der Waals surface area contributed by atoms with Crippen LogP contribution < -0.4 is 5.32 Å². The van der Waals surface area contributed by atoms with Crippen molar-refractivity contribution in [3.05, 3.63) is 23.7 Å². The second-order valence-electron chi connectivity index (χ2n) is 8.40. The van der Waals surface area contributed by atoms with E-state index in [4.69, 9.17) is 4.74 Å². The minimum atomic E-state index is -4.49. The van der Waals surface area contributed by atoms with Gasteiger partial charge in [0.05, 0.1) is 37.5 Å². The number of pyridine rings is 1. The number of alkyl halides is 5. The van der Waals surface area contributed by atoms with Gasteiger partial charge in [-0.2, -0.15) is 13.2 Å². The minimum absolute atomic E-state index is 0.103. The minimum Gasteiger partial charge on any atom is -0.366 e. The van der Waals surface area contributed by atoms with Gasteiger partial charge in [0.25, 0.3) is 5.92 Å². The number of hydrogen-bond donors (Lipinski definition) is 2. The first kappa shape index (κ1) is 24.1. The van der Waals surface area contributed by atoms with Gasteiger partial charge in [-0.05, 0) is 26.0 Å². The number of carbonyl (C=O) groups excluding carboxylic acids is 1. The molecule has 3 heterocycles. The van der Waals surface area contributed by atoms with E-state index >= 15 is 0 Å². The summed E-state index contributed by atoms with van der Waals surface area (Å²) in [5.41, 5.74) is -1.11. The molecule has 1 saturated heterocycles. The molecule has 0 atom stereocenters. The van der Waals surface area contributed by atoms with Crippen LogP contribution in [0.1, 0.15) is 44.6 Å². The molecule has 0 bridgehead atoms. The van der Waals surface area contributed by atoms with E-state index in [9.17, 15) is 26.7 Å². The molecule has 2 amide bonds. The number of H-pyrrole nitrogens is 1. The lowest BCUT2D eigenvalue weighted by molar-refractivity contribution is -0.263. The van der Waals surface area contributed by atoms with Crippen LogP contribution in [0.15, 0.2) is 12.1 Å². The molecule has 2 aromatic rings. The van der Waals surface area contributed by atoms with Crippen molar-refractivity contribution in [3.63, 3.8) is 0 Å². The van der Waals surface area contributed by atoms with Crippen LogP contribution in [0.25, 0.3) is 11.2 Å². The van der Waals surface area contributed by atoms with Gasteiger partial charge in [0, 0.05) is 6.42 Å². The number of carbonyl (C=O) groups is 1. The second-order valence-corrected chi connectivity index (χ2v) is 8.40. The number of aromatic nitrogens is 3. The van der Waals surface area contributed by atoms with Gasteiger partial charge in [0.1, 0.15) is 5.82 Å². The van der Waals surface area contributed by atoms with Crippen molar-refractivity contribution in [3.8, 4) is 0 Å². The summed E-state index contributed by atoms with van der Waals surface area (Å²) in [6, 6.07) is 2.58. The highest BCUT2D eigenvalue weighted by Crippen LogP contribution is 2.32. The standard InChI is InChI=1S/C17H20F5N5O2.C3H6/c1-15(2,17(20,21)22)29-6-5-12-25-11-4-3-10(24-13(11)26-12)7-27-9-16(18,19)8-23-14(27)28;1-2-3-1/h3-4H,5-9H2,1-2H3,(H,23,28)(H,24,25,26);1-3H2. The second kappa shape index (κ2) is 9.16. The van der Waals surface area contributed by atoms with Crippen molar-refractivity contribution in [2.75, 3.05) is 19.7 Å². The zero-order valence-electron chi connectivity index (χ0n) is 17.9. The Morgan fingerprint density at radius 2 is 1.84 bits per heavy atom. The number of imidazole rings is 1. The predicted octanol–water partition coefficient (Wildman–Crippen LogP) is 4.19. The highest BCUT2D eigenvalue weighted by molar-refractivity contribution is 5.75. The fourth-order valence-electron chi connectivity index (χ4n) is 2.72. The Morgan fingerprint density at radius 1 is 1.16 bits per heavy atom. The van der Waals surface area contributed by atoms with Crippen LogP contribution >= 0.6 is 0 Å². The summed E-state index contributed by atoms with van der Waals surface area (Å²) < 4.78 is 70.3. The van der Waals surface area contributed by atoms with Crippen LogP contribution in [-0.4, -0.2) is 63.3 Å². The van der Waals surface area contributed by atoms with Gasteiger partial charge in [-0.1, -0.05) is 19.3 Å². The normalized spacial score (nSPS) is 18.2. The number of amides is 2. The van der Waals surface area contributed by atoms with E-state index in [1.165, 1.54) is 19.3 Å². The Labute approximate surface area is 181 Å². The summed E-state index contributed by atoms with van der Waals surface area (Å²) in [7, 11) is 0. The van der Waals surface area contributed by atoms with E-state index in [2.05, 4.69) is 20.3 Å². The molecule has 32 heavy (non-hydrogen) atoms. The molecule has 7 nitrogen and oxygen atoms in total. The average molecular weight is 463 g/mol. The van der Waals surface area contributed by atoms with Gasteiger partial charge in [-0.3, -0.25) is 0 Å². The lowest BCUT2D eigenvalue weighted by atomic mass is 10.1. The highest BCUT2D eigenvalue weighted by Gasteiger charge is 2.48. The first-order chi connectivity index (χ1) is 14.9. The van der Waals surface area contributed by atoms with Crippen LogP contribution in [0.4, 0.5) is 26.7 Å². The van der Waals surface area contributed by atoms with E-state index < -0.39 is 36.8 Å². The maximum absolute atomic E-state index is 13.5. The molecule has 2 N–H and O–H groups in total. The first-order valence-corrected chi connectivity index (χ1v) is 10.3. The molecule has 0 radical (unpaired) electrons.